The molecule has 6 aromatic rings. The Labute approximate surface area is 232 Å². The molecule has 1 aromatic carbocycles. The number of halogens is 2. The number of aromatic nitrogens is 7. The van der Waals surface area contributed by atoms with Crippen molar-refractivity contribution >= 4 is 33.5 Å². The maximum atomic E-state index is 16.1. The number of carbonyl (C=O) groups excluding carboxylic acids is 1. The molecule has 7 rings (SSSR count). The van der Waals surface area contributed by atoms with Crippen LogP contribution in [0.1, 0.15) is 32.1 Å². The number of nitrogens with one attached hydrogen (secondary N) is 3. The van der Waals surface area contributed by atoms with Crippen molar-refractivity contribution in [2.24, 2.45) is 5.92 Å². The largest absolute Gasteiger partial charge is 0.336 e. The van der Waals surface area contributed by atoms with Gasteiger partial charge in [0.15, 0.2) is 11.6 Å². The number of hydrogen-bond donors (Lipinski definition) is 3. The van der Waals surface area contributed by atoms with Crippen LogP contribution in [0.3, 0.4) is 0 Å². The zero-order valence-electron chi connectivity index (χ0n) is 21.8. The summed E-state index contributed by atoms with van der Waals surface area (Å²) in [5.74, 6) is -0.663. The molecule has 0 radical (unpaired) electrons. The lowest BCUT2D eigenvalue weighted by Crippen LogP contribution is -2.24. The molecule has 11 heteroatoms. The van der Waals surface area contributed by atoms with Gasteiger partial charge in [-0.3, -0.25) is 24.8 Å². The molecule has 41 heavy (non-hydrogen) atoms. The molecule has 1 aliphatic rings. The van der Waals surface area contributed by atoms with Crippen molar-refractivity contribution in [3.8, 4) is 34.0 Å². The van der Waals surface area contributed by atoms with E-state index in [0.29, 0.717) is 44.9 Å². The number of carbonyl (C=O) groups is 1. The van der Waals surface area contributed by atoms with E-state index in [4.69, 9.17) is 4.98 Å². The topological polar surface area (TPSA) is 125 Å². The molecule has 0 atom stereocenters. The molecule has 0 aliphatic heterocycles. The summed E-state index contributed by atoms with van der Waals surface area (Å²) in [7, 11) is 0. The van der Waals surface area contributed by atoms with Crippen molar-refractivity contribution < 1.29 is 13.6 Å². The van der Waals surface area contributed by atoms with E-state index in [1.807, 2.05) is 0 Å². The van der Waals surface area contributed by atoms with E-state index in [9.17, 15) is 9.18 Å². The van der Waals surface area contributed by atoms with Crippen LogP contribution in [0.5, 0.6) is 0 Å². The summed E-state index contributed by atoms with van der Waals surface area (Å²) < 4.78 is 29.6. The minimum Gasteiger partial charge on any atom is -0.336 e. The second-order valence-electron chi connectivity index (χ2n) is 10.2. The molecule has 5 heterocycles. The van der Waals surface area contributed by atoms with Crippen molar-refractivity contribution in [3.63, 3.8) is 0 Å². The van der Waals surface area contributed by atoms with Crippen LogP contribution in [0.4, 0.5) is 14.5 Å². The van der Waals surface area contributed by atoms with Crippen LogP contribution >= 0.6 is 0 Å². The molecule has 0 unspecified atom stereocenters. The van der Waals surface area contributed by atoms with E-state index in [1.165, 1.54) is 24.5 Å². The minimum atomic E-state index is -0.596. The number of rotatable bonds is 5. The van der Waals surface area contributed by atoms with E-state index in [0.717, 1.165) is 32.1 Å². The summed E-state index contributed by atoms with van der Waals surface area (Å²) >= 11 is 0. The summed E-state index contributed by atoms with van der Waals surface area (Å²) in [5, 5.41) is 10.3. The third kappa shape index (κ3) is 4.58. The first-order valence-electron chi connectivity index (χ1n) is 13.4. The third-order valence-corrected chi connectivity index (χ3v) is 7.54. The van der Waals surface area contributed by atoms with Crippen LogP contribution in [0.2, 0.25) is 0 Å². The fraction of sp³-hybridized carbons (Fsp3) is 0.200. The molecule has 3 N–H and O–H groups in total. The lowest BCUT2D eigenvalue weighted by molar-refractivity contribution is -0.120. The maximum Gasteiger partial charge on any atom is 0.227 e. The molecule has 5 aromatic heterocycles. The number of aromatic amines is 2. The highest BCUT2D eigenvalue weighted by molar-refractivity contribution is 5.98. The number of fused-ring (bicyclic) bond motifs is 2. The molecule has 204 valence electrons. The summed E-state index contributed by atoms with van der Waals surface area (Å²) in [4.78, 5) is 33.7. The predicted molar refractivity (Wildman–Crippen MR) is 151 cm³/mol. The van der Waals surface area contributed by atoms with E-state index in [1.54, 1.807) is 36.7 Å². The number of benzene rings is 1. The average molecular weight is 551 g/mol. The normalized spacial score (nSPS) is 14.1. The molecular weight excluding hydrogens is 526 g/mol. The molecule has 0 saturated heterocycles. The van der Waals surface area contributed by atoms with Gasteiger partial charge in [-0.25, -0.2) is 13.8 Å². The van der Waals surface area contributed by atoms with Gasteiger partial charge in [-0.05, 0) is 49.2 Å². The van der Waals surface area contributed by atoms with Crippen molar-refractivity contribution in [3.05, 3.63) is 72.8 Å². The number of nitrogens with zero attached hydrogens (tertiary/aromatic N) is 5. The molecule has 1 aliphatic carbocycles. The van der Waals surface area contributed by atoms with Crippen LogP contribution < -0.4 is 5.32 Å². The lowest BCUT2D eigenvalue weighted by Gasteiger charge is -2.20. The van der Waals surface area contributed by atoms with Crippen LogP contribution in [0.15, 0.2) is 61.2 Å². The summed E-state index contributed by atoms with van der Waals surface area (Å²) in [6, 6.07) is 9.42. The van der Waals surface area contributed by atoms with Gasteiger partial charge in [0, 0.05) is 29.4 Å². The molecule has 0 bridgehead atoms. The zero-order chi connectivity index (χ0) is 27.9. The second-order valence-corrected chi connectivity index (χ2v) is 10.2. The first kappa shape index (κ1) is 24.9. The molecule has 0 spiro atoms. The Balaban J connectivity index is 1.26. The van der Waals surface area contributed by atoms with Crippen LogP contribution in [0, 0.1) is 17.6 Å². The summed E-state index contributed by atoms with van der Waals surface area (Å²) in [6.45, 7) is 0. The second kappa shape index (κ2) is 10.2. The molecule has 9 nitrogen and oxygen atoms in total. The summed E-state index contributed by atoms with van der Waals surface area (Å²) in [6.07, 6.45) is 11.2. The Morgan fingerprint density at radius 1 is 0.878 bits per heavy atom. The molecule has 1 saturated carbocycles. The number of amides is 1. The zero-order valence-corrected chi connectivity index (χ0v) is 21.8. The molecule has 1 amide bonds. The summed E-state index contributed by atoms with van der Waals surface area (Å²) in [5.41, 5.74) is 4.14. The Hall–Kier alpha value is -5.06. The Morgan fingerprint density at radius 2 is 1.71 bits per heavy atom. The Morgan fingerprint density at radius 3 is 2.54 bits per heavy atom. The maximum absolute atomic E-state index is 16.1. The quantitative estimate of drug-likeness (QED) is 0.227. The molecular formula is C30H24F2N8O. The first-order valence-corrected chi connectivity index (χ1v) is 13.4. The van der Waals surface area contributed by atoms with Crippen molar-refractivity contribution in [2.45, 2.75) is 32.1 Å². The van der Waals surface area contributed by atoms with Crippen molar-refractivity contribution in [2.75, 3.05) is 5.32 Å². The number of pyridine rings is 3. The van der Waals surface area contributed by atoms with E-state index >= 15 is 4.39 Å². The van der Waals surface area contributed by atoms with Gasteiger partial charge in [0.05, 0.1) is 40.2 Å². The number of anilines is 1. The monoisotopic (exact) mass is 550 g/mol. The highest BCUT2D eigenvalue weighted by Gasteiger charge is 2.23. The smallest absolute Gasteiger partial charge is 0.227 e. The van der Waals surface area contributed by atoms with Crippen molar-refractivity contribution in [1.82, 2.24) is 35.1 Å². The fourth-order valence-corrected chi connectivity index (χ4v) is 5.46. The molecule has 1 fully saturated rings. The lowest BCUT2D eigenvalue weighted by atomic mass is 9.88. The predicted octanol–water partition coefficient (Wildman–Crippen LogP) is 6.42. The van der Waals surface area contributed by atoms with E-state index in [2.05, 4.69) is 35.5 Å². The fourth-order valence-electron chi connectivity index (χ4n) is 5.46. The van der Waals surface area contributed by atoms with E-state index in [-0.39, 0.29) is 34.4 Å². The number of hydrogen-bond acceptors (Lipinski definition) is 6. The number of H-pyrrole nitrogens is 2. The van der Waals surface area contributed by atoms with Crippen molar-refractivity contribution in [1.29, 1.82) is 0 Å². The van der Waals surface area contributed by atoms with Crippen LogP contribution in [-0.2, 0) is 4.79 Å². The average Bonchev–Trinajstić information content (AvgIpc) is 3.63. The highest BCUT2D eigenvalue weighted by Crippen LogP contribution is 2.34. The van der Waals surface area contributed by atoms with Gasteiger partial charge in [-0.15, -0.1) is 0 Å². The van der Waals surface area contributed by atoms with Crippen LogP contribution in [-0.4, -0.2) is 41.0 Å². The van der Waals surface area contributed by atoms with Crippen LogP contribution in [0.25, 0.3) is 56.0 Å². The van der Waals surface area contributed by atoms with Gasteiger partial charge in [-0.2, -0.15) is 5.10 Å². The van der Waals surface area contributed by atoms with Gasteiger partial charge >= 0.3 is 0 Å². The Bertz CT molecular complexity index is 1910. The van der Waals surface area contributed by atoms with Gasteiger partial charge < -0.3 is 10.3 Å². The number of imidazole rings is 1. The first-order chi connectivity index (χ1) is 20.0. The van der Waals surface area contributed by atoms with Gasteiger partial charge in [0.1, 0.15) is 22.7 Å². The van der Waals surface area contributed by atoms with Gasteiger partial charge in [0.25, 0.3) is 0 Å². The van der Waals surface area contributed by atoms with E-state index < -0.39 is 5.82 Å². The standard InChI is InChI=1S/C30H24F2N8O/c31-19-8-6-16(7-9-19)26-27-21(10-11-34-26)37-29(38-27)28-23-22(39-40-28)15-35-25(24(23)32)18-12-20(14-33-13-18)36-30(41)17-4-2-1-3-5-17/h6-15,17H,1-5H2,(H,36,41)(H,37,38)(H,39,40). The van der Waals surface area contributed by atoms with Gasteiger partial charge in [-0.1, -0.05) is 19.3 Å². The minimum absolute atomic E-state index is 0.0188. The third-order valence-electron chi connectivity index (χ3n) is 7.54. The highest BCUT2D eigenvalue weighted by atomic mass is 19.1. The van der Waals surface area contributed by atoms with Gasteiger partial charge in [0.2, 0.25) is 5.91 Å². The SMILES string of the molecule is O=C(Nc1cncc(-c2ncc3[nH]nc(-c4nc5c(-c6ccc(F)cc6)nccc5[nH]4)c3c2F)c1)C1CCCCC1. The Kier molecular flexibility index (Phi) is 6.18.